The Labute approximate surface area is 306 Å². The monoisotopic (exact) mass is 756 g/mol. The van der Waals surface area contributed by atoms with Gasteiger partial charge in [-0.1, -0.05) is 72.8 Å². The topological polar surface area (TPSA) is 145 Å². The van der Waals surface area contributed by atoms with Crippen molar-refractivity contribution in [1.82, 2.24) is 9.80 Å². The first-order chi connectivity index (χ1) is 25.5. The van der Waals surface area contributed by atoms with E-state index >= 15 is 0 Å². The third kappa shape index (κ3) is 9.60. The molecule has 0 unspecified atom stereocenters. The third-order valence-electron chi connectivity index (χ3n) is 9.26. The summed E-state index contributed by atoms with van der Waals surface area (Å²) in [5.74, 6) is -1.15. The van der Waals surface area contributed by atoms with Crippen molar-refractivity contribution >= 4 is 52.7 Å². The van der Waals surface area contributed by atoms with Crippen molar-refractivity contribution in [2.45, 2.75) is 45.0 Å². The number of alkyl halides is 6. The number of hydrogen-bond acceptors (Lipinski definition) is 8. The fraction of sp³-hybridized carbons (Fsp3) is 0.270. The molecule has 0 radical (unpaired) electrons. The van der Waals surface area contributed by atoms with Crippen molar-refractivity contribution < 1.29 is 61.4 Å². The number of carboxylic acids is 1. The molecule has 284 valence electrons. The van der Waals surface area contributed by atoms with Gasteiger partial charge in [0, 0.05) is 39.3 Å². The van der Waals surface area contributed by atoms with E-state index in [0.717, 1.165) is 42.0 Å². The van der Waals surface area contributed by atoms with E-state index < -0.39 is 43.7 Å². The maximum Gasteiger partial charge on any atom is 0.488 e. The second kappa shape index (κ2) is 16.9. The Balaban J connectivity index is 1.61. The SMILES string of the molecule is O=C(O)CCN(Cc1cc(C(F)(F)F)ccc1B(O)O)Cc1c2ccccc2c(CN(CCO)Cc2cc(C(F)(F)F)ccc2B(O)O)c2ccccc12. The number of carboxylic acid groups (broad SMARTS) is 1. The van der Waals surface area contributed by atoms with Gasteiger partial charge in [-0.05, 0) is 66.9 Å². The van der Waals surface area contributed by atoms with E-state index in [-0.39, 0.29) is 74.3 Å². The quantitative estimate of drug-likeness (QED) is 0.0534. The van der Waals surface area contributed by atoms with Crippen LogP contribution in [-0.4, -0.2) is 80.0 Å². The van der Waals surface area contributed by atoms with Gasteiger partial charge in [0.15, 0.2) is 0 Å². The van der Waals surface area contributed by atoms with Crippen LogP contribution in [0.1, 0.15) is 39.8 Å². The van der Waals surface area contributed by atoms with Crippen LogP contribution in [0.3, 0.4) is 0 Å². The normalized spacial score (nSPS) is 12.3. The molecule has 17 heteroatoms. The van der Waals surface area contributed by atoms with Crippen molar-refractivity contribution in [1.29, 1.82) is 0 Å². The molecule has 0 fully saturated rings. The molecule has 0 amide bonds. The molecule has 54 heavy (non-hydrogen) atoms. The maximum atomic E-state index is 13.7. The number of aliphatic carboxylic acids is 1. The van der Waals surface area contributed by atoms with Gasteiger partial charge in [0.2, 0.25) is 0 Å². The number of nitrogens with zero attached hydrogens (tertiary/aromatic N) is 2. The van der Waals surface area contributed by atoms with Gasteiger partial charge in [-0.3, -0.25) is 14.6 Å². The average molecular weight is 756 g/mol. The van der Waals surface area contributed by atoms with Crippen LogP contribution in [-0.2, 0) is 43.3 Å². The lowest BCUT2D eigenvalue weighted by atomic mass is 9.76. The molecule has 0 saturated carbocycles. The first kappa shape index (κ1) is 40.7. The summed E-state index contributed by atoms with van der Waals surface area (Å²) in [5.41, 5.74) is -0.956. The predicted molar refractivity (Wildman–Crippen MR) is 192 cm³/mol. The van der Waals surface area contributed by atoms with Crippen LogP contribution in [0, 0.1) is 0 Å². The highest BCUT2D eigenvalue weighted by Crippen LogP contribution is 2.36. The number of benzene rings is 5. The maximum absolute atomic E-state index is 13.7. The first-order valence-electron chi connectivity index (χ1n) is 16.8. The van der Waals surface area contributed by atoms with Crippen molar-refractivity contribution in [3.05, 3.63) is 118 Å². The lowest BCUT2D eigenvalue weighted by Gasteiger charge is -2.28. The number of halogens is 6. The molecule has 5 aromatic carbocycles. The summed E-state index contributed by atoms with van der Waals surface area (Å²) in [7, 11) is -4.16. The molecule has 0 aliphatic rings. The molecule has 0 heterocycles. The minimum atomic E-state index is -4.73. The molecule has 0 atom stereocenters. The lowest BCUT2D eigenvalue weighted by molar-refractivity contribution is -0.138. The second-order valence-corrected chi connectivity index (χ2v) is 12.9. The van der Waals surface area contributed by atoms with Crippen LogP contribution >= 0.6 is 0 Å². The highest BCUT2D eigenvalue weighted by atomic mass is 19.4. The van der Waals surface area contributed by atoms with Gasteiger partial charge in [0.05, 0.1) is 24.2 Å². The van der Waals surface area contributed by atoms with Crippen molar-refractivity contribution in [3.63, 3.8) is 0 Å². The van der Waals surface area contributed by atoms with Gasteiger partial charge in [-0.2, -0.15) is 26.3 Å². The predicted octanol–water partition coefficient (Wildman–Crippen LogP) is 3.86. The summed E-state index contributed by atoms with van der Waals surface area (Å²) in [5, 5.41) is 62.2. The van der Waals surface area contributed by atoms with Gasteiger partial charge in [-0.25, -0.2) is 0 Å². The zero-order valence-corrected chi connectivity index (χ0v) is 28.6. The molecular weight excluding hydrogens is 720 g/mol. The number of aliphatic hydroxyl groups is 1. The zero-order chi connectivity index (χ0) is 39.4. The average Bonchev–Trinajstić information content (AvgIpc) is 3.10. The molecule has 0 bridgehead atoms. The van der Waals surface area contributed by atoms with Crippen LogP contribution < -0.4 is 10.9 Å². The summed E-state index contributed by atoms with van der Waals surface area (Å²) >= 11 is 0. The Bertz CT molecular complexity index is 2060. The smallest absolute Gasteiger partial charge is 0.481 e. The van der Waals surface area contributed by atoms with Gasteiger partial charge in [0.25, 0.3) is 0 Å². The Hall–Kier alpha value is -4.48. The number of hydrogen-bond donors (Lipinski definition) is 6. The van der Waals surface area contributed by atoms with E-state index in [2.05, 4.69) is 0 Å². The summed E-state index contributed by atoms with van der Waals surface area (Å²) in [6, 6.07) is 19.5. The number of carbonyl (C=O) groups is 1. The summed E-state index contributed by atoms with van der Waals surface area (Å²) in [4.78, 5) is 15.0. The fourth-order valence-electron chi connectivity index (χ4n) is 6.74. The van der Waals surface area contributed by atoms with Crippen LogP contribution in [0.25, 0.3) is 21.5 Å². The van der Waals surface area contributed by atoms with E-state index in [1.54, 1.807) is 34.1 Å². The molecule has 0 aromatic heterocycles. The van der Waals surface area contributed by atoms with E-state index in [9.17, 15) is 61.4 Å². The van der Waals surface area contributed by atoms with E-state index in [4.69, 9.17) is 0 Å². The summed E-state index contributed by atoms with van der Waals surface area (Å²) in [6.45, 7) is -0.839. The fourth-order valence-corrected chi connectivity index (χ4v) is 6.74. The Kier molecular flexibility index (Phi) is 12.7. The lowest BCUT2D eigenvalue weighted by Crippen LogP contribution is -2.37. The Morgan fingerprint density at radius 2 is 0.944 bits per heavy atom. The van der Waals surface area contributed by atoms with Crippen molar-refractivity contribution in [2.24, 2.45) is 0 Å². The summed E-state index contributed by atoms with van der Waals surface area (Å²) in [6.07, 6.45) is -9.80. The number of aliphatic hydroxyl groups excluding tert-OH is 1. The van der Waals surface area contributed by atoms with E-state index in [0.29, 0.717) is 27.1 Å². The standard InChI is InChI=1S/C37H36B2F6N2O7/c40-36(41,42)25-9-11-33(38(51)52)23(17-25)19-46(14-13-35(49)50)21-31-27-5-1-3-7-29(27)32(30-8-4-2-6-28(30)31)22-47(15-16-48)20-24-18-26(37(43,44)45)10-12-34(24)39(53)54/h1-12,17-18,48,51-54H,13-16,19-22H2,(H,49,50). The zero-order valence-electron chi connectivity index (χ0n) is 28.6. The third-order valence-corrected chi connectivity index (χ3v) is 9.26. The number of fused-ring (bicyclic) bond motifs is 2. The van der Waals surface area contributed by atoms with Crippen molar-refractivity contribution in [3.8, 4) is 0 Å². The number of rotatable bonds is 15. The summed E-state index contributed by atoms with van der Waals surface area (Å²) < 4.78 is 82.1. The molecule has 0 aliphatic carbocycles. The van der Waals surface area contributed by atoms with Crippen LogP contribution in [0.2, 0.25) is 0 Å². The molecular formula is C37H36B2F6N2O7. The van der Waals surface area contributed by atoms with Crippen LogP contribution in [0.5, 0.6) is 0 Å². The van der Waals surface area contributed by atoms with Gasteiger partial charge in [-0.15, -0.1) is 0 Å². The van der Waals surface area contributed by atoms with Crippen molar-refractivity contribution in [2.75, 3.05) is 19.7 Å². The largest absolute Gasteiger partial charge is 0.488 e. The molecule has 5 rings (SSSR count). The second-order valence-electron chi connectivity index (χ2n) is 12.9. The van der Waals surface area contributed by atoms with Gasteiger partial charge in [0.1, 0.15) is 0 Å². The van der Waals surface area contributed by atoms with Gasteiger partial charge >= 0.3 is 32.6 Å². The minimum absolute atomic E-state index is 0.000607. The van der Waals surface area contributed by atoms with Crippen LogP contribution in [0.4, 0.5) is 26.3 Å². The van der Waals surface area contributed by atoms with E-state index in [1.165, 1.54) is 0 Å². The molecule has 6 N–H and O–H groups in total. The Morgan fingerprint density at radius 3 is 1.26 bits per heavy atom. The first-order valence-corrected chi connectivity index (χ1v) is 16.8. The minimum Gasteiger partial charge on any atom is -0.481 e. The van der Waals surface area contributed by atoms with E-state index in [1.807, 2.05) is 24.3 Å². The highest BCUT2D eigenvalue weighted by molar-refractivity contribution is 6.59. The van der Waals surface area contributed by atoms with Gasteiger partial charge < -0.3 is 30.3 Å². The molecule has 5 aromatic rings. The molecule has 0 saturated heterocycles. The Morgan fingerprint density at radius 1 is 0.574 bits per heavy atom. The molecule has 0 aliphatic heterocycles. The molecule has 9 nitrogen and oxygen atoms in total. The molecule has 0 spiro atoms. The highest BCUT2D eigenvalue weighted by Gasteiger charge is 2.34. The van der Waals surface area contributed by atoms with Crippen LogP contribution in [0.15, 0.2) is 84.9 Å².